The SMILES string of the molecule is CCOc1cc(C2C3=C(CC(C)(C)CC3=O)N(C3CCCCC3)C3=C2C(=O)CC(C)(C)C3)cc(Br)c1OCc1ccc(F)cc1. The molecule has 7 heteroatoms. The Morgan fingerprint density at radius 2 is 1.42 bits per heavy atom. The smallest absolute Gasteiger partial charge is 0.175 e. The Kier molecular flexibility index (Phi) is 8.79. The molecule has 1 fully saturated rings. The van der Waals surface area contributed by atoms with Crippen LogP contribution in [0.15, 0.2) is 63.4 Å². The molecule has 0 unspecified atom stereocenters. The average Bonchev–Trinajstić information content (AvgIpc) is 2.96. The van der Waals surface area contributed by atoms with Gasteiger partial charge in [0.15, 0.2) is 23.1 Å². The highest BCUT2D eigenvalue weighted by Crippen LogP contribution is 2.56. The largest absolute Gasteiger partial charge is 0.490 e. The standard InChI is InChI=1S/C38H45BrFNO4/c1-6-44-32-17-24(16-27(39)36(32)45-22-23-12-14-25(40)15-13-23)33-34-28(18-37(2,3)20-30(34)42)41(26-10-8-7-9-11-26)29-19-38(4,5)21-31(43)35(29)33/h12-17,26,33H,6-11,18-22H2,1-5H3. The summed E-state index contributed by atoms with van der Waals surface area (Å²) in [7, 11) is 0. The van der Waals surface area contributed by atoms with Crippen LogP contribution in [0.4, 0.5) is 4.39 Å². The summed E-state index contributed by atoms with van der Waals surface area (Å²) in [6.07, 6.45) is 8.30. The van der Waals surface area contributed by atoms with Crippen molar-refractivity contribution in [2.24, 2.45) is 10.8 Å². The predicted molar refractivity (Wildman–Crippen MR) is 178 cm³/mol. The molecular weight excluding hydrogens is 633 g/mol. The van der Waals surface area contributed by atoms with E-state index in [0.29, 0.717) is 41.5 Å². The summed E-state index contributed by atoms with van der Waals surface area (Å²) in [5.74, 6) is 0.625. The fraction of sp³-hybridized carbons (Fsp3) is 0.526. The van der Waals surface area contributed by atoms with Crippen molar-refractivity contribution in [2.75, 3.05) is 6.61 Å². The van der Waals surface area contributed by atoms with Crippen molar-refractivity contribution in [3.63, 3.8) is 0 Å². The first-order valence-corrected chi connectivity index (χ1v) is 17.3. The molecule has 0 saturated heterocycles. The van der Waals surface area contributed by atoms with Gasteiger partial charge in [-0.1, -0.05) is 59.1 Å². The summed E-state index contributed by atoms with van der Waals surface area (Å²) >= 11 is 3.76. The maximum absolute atomic E-state index is 14.3. The van der Waals surface area contributed by atoms with Gasteiger partial charge in [0.2, 0.25) is 0 Å². The van der Waals surface area contributed by atoms with Gasteiger partial charge in [-0.05, 0) is 94.8 Å². The highest BCUT2D eigenvalue weighted by Gasteiger charge is 2.50. The molecule has 5 nitrogen and oxygen atoms in total. The van der Waals surface area contributed by atoms with Gasteiger partial charge >= 0.3 is 0 Å². The van der Waals surface area contributed by atoms with Crippen LogP contribution in [0.1, 0.15) is 109 Å². The van der Waals surface area contributed by atoms with Gasteiger partial charge in [-0.2, -0.15) is 0 Å². The molecule has 240 valence electrons. The Bertz CT molecular complexity index is 1510. The molecule has 4 aliphatic rings. The maximum atomic E-state index is 14.3. The number of carbonyl (C=O) groups is 2. The minimum absolute atomic E-state index is 0.141. The Morgan fingerprint density at radius 3 is 1.98 bits per heavy atom. The molecule has 0 bridgehead atoms. The normalized spacial score (nSPS) is 22.0. The first-order valence-electron chi connectivity index (χ1n) is 16.5. The van der Waals surface area contributed by atoms with Crippen LogP contribution in [0.3, 0.4) is 0 Å². The first kappa shape index (κ1) is 32.0. The number of hydrogen-bond acceptors (Lipinski definition) is 5. The summed E-state index contributed by atoms with van der Waals surface area (Å²) in [5.41, 5.74) is 5.22. The summed E-state index contributed by atoms with van der Waals surface area (Å²) < 4.78 is 26.5. The second-order valence-electron chi connectivity index (χ2n) is 14.9. The quantitative estimate of drug-likeness (QED) is 0.292. The fourth-order valence-corrected chi connectivity index (χ4v) is 8.58. The maximum Gasteiger partial charge on any atom is 0.175 e. The zero-order chi connectivity index (χ0) is 32.1. The third-order valence-corrected chi connectivity index (χ3v) is 10.4. The second-order valence-corrected chi connectivity index (χ2v) is 15.7. The number of allylic oxidation sites excluding steroid dienone is 4. The Labute approximate surface area is 275 Å². The predicted octanol–water partition coefficient (Wildman–Crippen LogP) is 9.58. The summed E-state index contributed by atoms with van der Waals surface area (Å²) in [6.45, 7) is 11.4. The number of ether oxygens (including phenoxy) is 2. The van der Waals surface area contributed by atoms with E-state index in [9.17, 15) is 14.0 Å². The first-order chi connectivity index (χ1) is 21.4. The summed E-state index contributed by atoms with van der Waals surface area (Å²) in [4.78, 5) is 31.1. The third-order valence-electron chi connectivity index (χ3n) is 9.85. The van der Waals surface area contributed by atoms with Crippen LogP contribution in [0.2, 0.25) is 0 Å². The number of rotatable bonds is 7. The Morgan fingerprint density at radius 1 is 0.844 bits per heavy atom. The van der Waals surface area contributed by atoms with Crippen molar-refractivity contribution >= 4 is 27.5 Å². The molecule has 6 rings (SSSR count). The van der Waals surface area contributed by atoms with Gasteiger partial charge in [0.1, 0.15) is 12.4 Å². The van der Waals surface area contributed by atoms with Crippen molar-refractivity contribution in [1.29, 1.82) is 0 Å². The van der Waals surface area contributed by atoms with Gasteiger partial charge in [0.25, 0.3) is 0 Å². The van der Waals surface area contributed by atoms with Crippen LogP contribution < -0.4 is 9.47 Å². The number of nitrogens with zero attached hydrogens (tertiary/aromatic N) is 1. The van der Waals surface area contributed by atoms with Crippen LogP contribution in [0, 0.1) is 16.6 Å². The molecule has 0 aromatic heterocycles. The van der Waals surface area contributed by atoms with Crippen LogP contribution in [0.25, 0.3) is 0 Å². The van der Waals surface area contributed by atoms with Gasteiger partial charge in [-0.15, -0.1) is 0 Å². The van der Waals surface area contributed by atoms with Crippen molar-refractivity contribution < 1.29 is 23.5 Å². The fourth-order valence-electron chi connectivity index (χ4n) is 8.00. The number of hydrogen-bond donors (Lipinski definition) is 0. The van der Waals surface area contributed by atoms with E-state index in [1.54, 1.807) is 12.1 Å². The van der Waals surface area contributed by atoms with Crippen LogP contribution in [-0.2, 0) is 16.2 Å². The average molecular weight is 679 g/mol. The van der Waals surface area contributed by atoms with E-state index < -0.39 is 5.92 Å². The minimum atomic E-state index is -0.455. The summed E-state index contributed by atoms with van der Waals surface area (Å²) in [6, 6.07) is 10.5. The van der Waals surface area contributed by atoms with Gasteiger partial charge in [0, 0.05) is 47.3 Å². The molecule has 0 radical (unpaired) electrons. The van der Waals surface area contributed by atoms with E-state index >= 15 is 0 Å². The van der Waals surface area contributed by atoms with Crippen LogP contribution in [0.5, 0.6) is 11.5 Å². The number of halogens is 2. The highest BCUT2D eigenvalue weighted by atomic mass is 79.9. The molecule has 45 heavy (non-hydrogen) atoms. The number of ketones is 2. The molecule has 1 aliphatic heterocycles. The lowest BCUT2D eigenvalue weighted by atomic mass is 9.63. The number of carbonyl (C=O) groups excluding carboxylic acids is 2. The van der Waals surface area contributed by atoms with Crippen molar-refractivity contribution in [1.82, 2.24) is 4.90 Å². The molecule has 0 spiro atoms. The molecule has 3 aliphatic carbocycles. The zero-order valence-electron chi connectivity index (χ0n) is 27.2. The highest BCUT2D eigenvalue weighted by molar-refractivity contribution is 9.10. The Balaban J connectivity index is 1.51. The topological polar surface area (TPSA) is 55.8 Å². The Hall–Kier alpha value is -2.93. The number of benzene rings is 2. The molecule has 0 amide bonds. The van der Waals surface area contributed by atoms with E-state index in [-0.39, 0.29) is 34.8 Å². The van der Waals surface area contributed by atoms with Crippen LogP contribution in [-0.4, -0.2) is 29.1 Å². The van der Waals surface area contributed by atoms with Crippen molar-refractivity contribution in [2.45, 2.75) is 111 Å². The number of Topliss-reactive ketones (excluding diaryl/α,β-unsaturated/α-hetero) is 2. The van der Waals surface area contributed by atoms with Gasteiger partial charge in [-0.25, -0.2) is 4.39 Å². The second kappa shape index (κ2) is 12.4. The monoisotopic (exact) mass is 677 g/mol. The molecule has 2 aromatic carbocycles. The molecular formula is C38H45BrFNO4. The minimum Gasteiger partial charge on any atom is -0.490 e. The van der Waals surface area contributed by atoms with E-state index in [4.69, 9.17) is 9.47 Å². The molecule has 1 heterocycles. The van der Waals surface area contributed by atoms with Gasteiger partial charge in [0.05, 0.1) is 11.1 Å². The van der Waals surface area contributed by atoms with E-state index in [1.807, 2.05) is 19.1 Å². The van der Waals surface area contributed by atoms with Crippen LogP contribution >= 0.6 is 15.9 Å². The zero-order valence-corrected chi connectivity index (χ0v) is 28.8. The lowest BCUT2D eigenvalue weighted by Crippen LogP contribution is -2.48. The van der Waals surface area contributed by atoms with Crippen molar-refractivity contribution in [3.05, 3.63) is 80.4 Å². The summed E-state index contributed by atoms with van der Waals surface area (Å²) in [5, 5.41) is 0. The van der Waals surface area contributed by atoms with Gasteiger partial charge in [-0.3, -0.25) is 9.59 Å². The lowest BCUT2D eigenvalue weighted by molar-refractivity contribution is -0.119. The van der Waals surface area contributed by atoms with Gasteiger partial charge < -0.3 is 14.4 Å². The third kappa shape index (κ3) is 6.39. The molecule has 0 atom stereocenters. The molecule has 1 saturated carbocycles. The van der Waals surface area contributed by atoms with E-state index in [1.165, 1.54) is 31.4 Å². The molecule has 2 aromatic rings. The van der Waals surface area contributed by atoms with E-state index in [2.05, 4.69) is 48.5 Å². The molecule has 0 N–H and O–H groups in total. The van der Waals surface area contributed by atoms with E-state index in [0.717, 1.165) is 59.4 Å². The van der Waals surface area contributed by atoms with Crippen molar-refractivity contribution in [3.8, 4) is 11.5 Å². The lowest BCUT2D eigenvalue weighted by Gasteiger charge is -2.52.